The number of benzene rings is 2. The first kappa shape index (κ1) is 14.7. The lowest BCUT2D eigenvalue weighted by atomic mass is 10.2. The third-order valence-electron chi connectivity index (χ3n) is 3.04. The summed E-state index contributed by atoms with van der Waals surface area (Å²) in [7, 11) is -2.49. The highest BCUT2D eigenvalue weighted by Crippen LogP contribution is 2.32. The Morgan fingerprint density at radius 3 is 2.73 bits per heavy atom. The number of nitrogens with one attached hydrogen (secondary N) is 1. The van der Waals surface area contributed by atoms with E-state index in [0.29, 0.717) is 16.0 Å². The van der Waals surface area contributed by atoms with Crippen LogP contribution in [0.1, 0.15) is 0 Å². The first-order valence-corrected chi connectivity index (χ1v) is 8.09. The van der Waals surface area contributed by atoms with Gasteiger partial charge in [-0.2, -0.15) is 0 Å². The van der Waals surface area contributed by atoms with Crippen LogP contribution in [0.25, 0.3) is 11.0 Å². The lowest BCUT2D eigenvalue weighted by Gasteiger charge is -2.09. The SMILES string of the molecule is COc1ccccc1S(=O)(=O)Nc1noc2cccc(Cl)c12. The van der Waals surface area contributed by atoms with E-state index in [4.69, 9.17) is 20.9 Å². The van der Waals surface area contributed by atoms with Crippen LogP contribution in [0, 0.1) is 0 Å². The number of ether oxygens (including phenoxy) is 1. The maximum atomic E-state index is 12.5. The quantitative estimate of drug-likeness (QED) is 0.789. The normalized spacial score (nSPS) is 11.5. The second kappa shape index (κ2) is 5.51. The van der Waals surface area contributed by atoms with E-state index in [0.717, 1.165) is 0 Å². The molecule has 2 aromatic carbocycles. The fraction of sp³-hybridized carbons (Fsp3) is 0.0714. The van der Waals surface area contributed by atoms with Crippen molar-refractivity contribution in [2.24, 2.45) is 0 Å². The molecule has 0 aliphatic carbocycles. The summed E-state index contributed by atoms with van der Waals surface area (Å²) in [6.45, 7) is 0. The number of anilines is 1. The minimum absolute atomic E-state index is 0.000651. The maximum absolute atomic E-state index is 12.5. The zero-order chi connectivity index (χ0) is 15.7. The third-order valence-corrected chi connectivity index (χ3v) is 4.73. The largest absolute Gasteiger partial charge is 0.495 e. The highest BCUT2D eigenvalue weighted by atomic mass is 35.5. The van der Waals surface area contributed by atoms with Crippen LogP contribution in [0.3, 0.4) is 0 Å². The number of hydrogen-bond acceptors (Lipinski definition) is 5. The lowest BCUT2D eigenvalue weighted by Crippen LogP contribution is -2.14. The number of sulfonamides is 1. The highest BCUT2D eigenvalue weighted by molar-refractivity contribution is 7.92. The number of methoxy groups -OCH3 is 1. The molecule has 0 aliphatic rings. The number of para-hydroxylation sites is 1. The Kier molecular flexibility index (Phi) is 3.67. The molecule has 0 bridgehead atoms. The van der Waals surface area contributed by atoms with Gasteiger partial charge in [-0.15, -0.1) is 0 Å². The lowest BCUT2D eigenvalue weighted by molar-refractivity contribution is 0.403. The van der Waals surface area contributed by atoms with Crippen LogP contribution in [-0.4, -0.2) is 20.7 Å². The molecular formula is C14H11ClN2O4S. The van der Waals surface area contributed by atoms with E-state index in [9.17, 15) is 8.42 Å². The molecule has 0 saturated carbocycles. The Labute approximate surface area is 131 Å². The minimum atomic E-state index is -3.89. The molecule has 0 saturated heterocycles. The van der Waals surface area contributed by atoms with Gasteiger partial charge in [0.15, 0.2) is 11.4 Å². The van der Waals surface area contributed by atoms with Crippen molar-refractivity contribution in [1.82, 2.24) is 5.16 Å². The van der Waals surface area contributed by atoms with E-state index >= 15 is 0 Å². The van der Waals surface area contributed by atoms with E-state index in [1.807, 2.05) is 0 Å². The van der Waals surface area contributed by atoms with Gasteiger partial charge in [-0.1, -0.05) is 35.0 Å². The summed E-state index contributed by atoms with van der Waals surface area (Å²) in [5.41, 5.74) is 0.394. The molecule has 0 radical (unpaired) electrons. The van der Waals surface area contributed by atoms with Crippen LogP contribution >= 0.6 is 11.6 Å². The molecule has 3 rings (SSSR count). The summed E-state index contributed by atoms with van der Waals surface area (Å²) in [6.07, 6.45) is 0. The Morgan fingerprint density at radius 1 is 1.18 bits per heavy atom. The Hall–Kier alpha value is -2.25. The molecule has 0 aliphatic heterocycles. The Bertz CT molecular complexity index is 937. The van der Waals surface area contributed by atoms with Crippen LogP contribution in [0.15, 0.2) is 51.9 Å². The van der Waals surface area contributed by atoms with Gasteiger partial charge in [-0.05, 0) is 24.3 Å². The van der Waals surface area contributed by atoms with Crippen LogP contribution in [0.5, 0.6) is 5.75 Å². The molecule has 3 aromatic rings. The number of aromatic nitrogens is 1. The second-order valence-electron chi connectivity index (χ2n) is 4.40. The predicted molar refractivity (Wildman–Crippen MR) is 82.8 cm³/mol. The van der Waals surface area contributed by atoms with Gasteiger partial charge in [0.2, 0.25) is 0 Å². The molecule has 114 valence electrons. The molecule has 0 amide bonds. The van der Waals surface area contributed by atoms with E-state index in [2.05, 4.69) is 9.88 Å². The number of halogens is 1. The molecule has 0 spiro atoms. The number of nitrogens with zero attached hydrogens (tertiary/aromatic N) is 1. The van der Waals surface area contributed by atoms with Crippen molar-refractivity contribution in [2.45, 2.75) is 4.90 Å². The van der Waals surface area contributed by atoms with Gasteiger partial charge in [-0.25, -0.2) is 8.42 Å². The Balaban J connectivity index is 2.07. The van der Waals surface area contributed by atoms with E-state index in [1.165, 1.54) is 13.2 Å². The zero-order valence-electron chi connectivity index (χ0n) is 11.4. The first-order valence-electron chi connectivity index (χ1n) is 6.22. The standard InChI is InChI=1S/C14H11ClN2O4S/c1-20-10-6-2-3-8-12(10)22(18,19)17-14-13-9(15)5-4-7-11(13)21-16-14/h2-8H,1H3,(H,16,17). The summed E-state index contributed by atoms with van der Waals surface area (Å²) in [4.78, 5) is 0.000651. The van der Waals surface area contributed by atoms with Gasteiger partial charge in [0, 0.05) is 0 Å². The Morgan fingerprint density at radius 2 is 1.95 bits per heavy atom. The molecule has 8 heteroatoms. The van der Waals surface area contributed by atoms with Crippen molar-refractivity contribution in [1.29, 1.82) is 0 Å². The average molecular weight is 339 g/mol. The van der Waals surface area contributed by atoms with Crippen molar-refractivity contribution in [3.63, 3.8) is 0 Å². The van der Waals surface area contributed by atoms with Gasteiger partial charge < -0.3 is 9.26 Å². The maximum Gasteiger partial charge on any atom is 0.266 e. The topological polar surface area (TPSA) is 81.4 Å². The van der Waals surface area contributed by atoms with Crippen molar-refractivity contribution in [2.75, 3.05) is 11.8 Å². The monoisotopic (exact) mass is 338 g/mol. The minimum Gasteiger partial charge on any atom is -0.495 e. The van der Waals surface area contributed by atoms with Crippen molar-refractivity contribution in [3.8, 4) is 5.75 Å². The molecule has 22 heavy (non-hydrogen) atoms. The van der Waals surface area contributed by atoms with Crippen LogP contribution in [0.2, 0.25) is 5.02 Å². The average Bonchev–Trinajstić information content (AvgIpc) is 2.91. The van der Waals surface area contributed by atoms with Crippen LogP contribution in [0.4, 0.5) is 5.82 Å². The van der Waals surface area contributed by atoms with E-state index in [1.54, 1.807) is 36.4 Å². The number of hydrogen-bond donors (Lipinski definition) is 1. The highest BCUT2D eigenvalue weighted by Gasteiger charge is 2.22. The van der Waals surface area contributed by atoms with E-state index < -0.39 is 10.0 Å². The summed E-state index contributed by atoms with van der Waals surface area (Å²) in [6, 6.07) is 11.2. The molecule has 0 fully saturated rings. The molecule has 1 heterocycles. The second-order valence-corrected chi connectivity index (χ2v) is 6.46. The molecule has 0 unspecified atom stereocenters. The third kappa shape index (κ3) is 2.49. The van der Waals surface area contributed by atoms with Gasteiger partial charge in [0.1, 0.15) is 10.6 Å². The predicted octanol–water partition coefficient (Wildman–Crippen LogP) is 3.29. The summed E-state index contributed by atoms with van der Waals surface area (Å²) in [5, 5.41) is 4.48. The van der Waals surface area contributed by atoms with Gasteiger partial charge in [-0.3, -0.25) is 4.72 Å². The van der Waals surface area contributed by atoms with Gasteiger partial charge in [0.05, 0.1) is 17.5 Å². The van der Waals surface area contributed by atoms with Crippen molar-refractivity contribution >= 4 is 38.4 Å². The van der Waals surface area contributed by atoms with Crippen molar-refractivity contribution in [3.05, 3.63) is 47.5 Å². The molecule has 0 atom stereocenters. The van der Waals surface area contributed by atoms with Crippen molar-refractivity contribution < 1.29 is 17.7 Å². The smallest absolute Gasteiger partial charge is 0.266 e. The fourth-order valence-corrected chi connectivity index (χ4v) is 3.48. The van der Waals surface area contributed by atoms with Crippen LogP contribution in [-0.2, 0) is 10.0 Å². The van der Waals surface area contributed by atoms with Gasteiger partial charge in [0.25, 0.3) is 10.0 Å². The molecular weight excluding hydrogens is 328 g/mol. The van der Waals surface area contributed by atoms with Crippen LogP contribution < -0.4 is 9.46 Å². The molecule has 6 nitrogen and oxygen atoms in total. The fourth-order valence-electron chi connectivity index (χ4n) is 2.04. The molecule has 1 aromatic heterocycles. The number of rotatable bonds is 4. The summed E-state index contributed by atoms with van der Waals surface area (Å²) in [5.74, 6) is 0.264. The summed E-state index contributed by atoms with van der Waals surface area (Å²) >= 11 is 6.08. The summed E-state index contributed by atoms with van der Waals surface area (Å²) < 4.78 is 37.6. The zero-order valence-corrected chi connectivity index (χ0v) is 13.0. The van der Waals surface area contributed by atoms with E-state index in [-0.39, 0.29) is 16.5 Å². The van der Waals surface area contributed by atoms with Gasteiger partial charge >= 0.3 is 0 Å². The first-order chi connectivity index (χ1) is 10.5. The number of fused-ring (bicyclic) bond motifs is 1. The molecule has 1 N–H and O–H groups in total.